The van der Waals surface area contributed by atoms with Crippen LogP contribution in [0.25, 0.3) is 0 Å². The van der Waals surface area contributed by atoms with Gasteiger partial charge < -0.3 is 10.0 Å². The van der Waals surface area contributed by atoms with Crippen LogP contribution in [0.15, 0.2) is 18.3 Å². The number of carbonyl (C=O) groups is 2. The highest BCUT2D eigenvalue weighted by molar-refractivity contribution is 5.94. The fourth-order valence-corrected chi connectivity index (χ4v) is 1.73. The number of carboxylic acids is 1. The van der Waals surface area contributed by atoms with Crippen molar-refractivity contribution in [1.29, 1.82) is 5.26 Å². The molecule has 6 heteroatoms. The number of carboxylic acid groups (broad SMARTS) is 1. The van der Waals surface area contributed by atoms with Crippen LogP contribution in [0.3, 0.4) is 0 Å². The molecule has 0 saturated heterocycles. The van der Waals surface area contributed by atoms with E-state index in [4.69, 9.17) is 10.4 Å². The number of hydrogen-bond acceptors (Lipinski definition) is 4. The van der Waals surface area contributed by atoms with E-state index in [0.717, 1.165) is 0 Å². The number of amides is 1. The molecule has 0 bridgehead atoms. The first-order valence-corrected chi connectivity index (χ1v) is 6.31. The lowest BCUT2D eigenvalue weighted by Crippen LogP contribution is -2.35. The molecule has 0 unspecified atom stereocenters. The van der Waals surface area contributed by atoms with Gasteiger partial charge in [0.2, 0.25) is 0 Å². The smallest absolute Gasteiger partial charge is 0.354 e. The Labute approximate surface area is 117 Å². The van der Waals surface area contributed by atoms with Gasteiger partial charge in [-0.2, -0.15) is 5.26 Å². The number of nitrogens with zero attached hydrogens (tertiary/aromatic N) is 3. The normalized spacial score (nSPS) is 10.1. The van der Waals surface area contributed by atoms with Crippen LogP contribution in [0.1, 0.15) is 41.1 Å². The fraction of sp³-hybridized carbons (Fsp3) is 0.429. The Morgan fingerprint density at radius 3 is 2.60 bits per heavy atom. The number of aromatic nitrogens is 1. The third kappa shape index (κ3) is 4.35. The molecule has 0 radical (unpaired) electrons. The van der Waals surface area contributed by atoms with Crippen LogP contribution >= 0.6 is 0 Å². The summed E-state index contributed by atoms with van der Waals surface area (Å²) in [5.41, 5.74) is 0.225. The summed E-state index contributed by atoms with van der Waals surface area (Å²) in [4.78, 5) is 28.3. The lowest BCUT2D eigenvalue weighted by atomic mass is 10.1. The Kier molecular flexibility index (Phi) is 5.66. The highest BCUT2D eigenvalue weighted by atomic mass is 16.4. The van der Waals surface area contributed by atoms with Crippen molar-refractivity contribution < 1.29 is 14.7 Å². The van der Waals surface area contributed by atoms with Gasteiger partial charge in [0, 0.05) is 19.3 Å². The Bertz CT molecular complexity index is 517. The molecule has 0 aromatic carbocycles. The highest BCUT2D eigenvalue weighted by Gasteiger charge is 2.17. The second-order valence-corrected chi connectivity index (χ2v) is 4.79. The molecule has 1 aromatic rings. The molecule has 0 aliphatic heterocycles. The number of rotatable bonds is 6. The quantitative estimate of drug-likeness (QED) is 0.854. The van der Waals surface area contributed by atoms with Crippen molar-refractivity contribution in [2.45, 2.75) is 20.3 Å². The van der Waals surface area contributed by atoms with E-state index in [9.17, 15) is 9.59 Å². The molecule has 106 valence electrons. The lowest BCUT2D eigenvalue weighted by Gasteiger charge is -2.23. The predicted octanol–water partition coefficient (Wildman–Crippen LogP) is 1.79. The maximum Gasteiger partial charge on any atom is 0.354 e. The zero-order valence-corrected chi connectivity index (χ0v) is 11.5. The van der Waals surface area contributed by atoms with Crippen LogP contribution in [0, 0.1) is 17.2 Å². The summed E-state index contributed by atoms with van der Waals surface area (Å²) in [5, 5.41) is 17.4. The molecule has 0 saturated carbocycles. The zero-order valence-electron chi connectivity index (χ0n) is 11.5. The number of pyridine rings is 1. The molecule has 1 heterocycles. The summed E-state index contributed by atoms with van der Waals surface area (Å²) in [5.74, 6) is -1.09. The van der Waals surface area contributed by atoms with Gasteiger partial charge in [0.25, 0.3) is 5.91 Å². The van der Waals surface area contributed by atoms with Crippen LogP contribution < -0.4 is 0 Å². The third-order valence-electron chi connectivity index (χ3n) is 2.60. The molecule has 0 spiro atoms. The van der Waals surface area contributed by atoms with E-state index in [1.54, 1.807) is 4.90 Å². The topological polar surface area (TPSA) is 94.3 Å². The van der Waals surface area contributed by atoms with Gasteiger partial charge in [-0.1, -0.05) is 13.8 Å². The predicted molar refractivity (Wildman–Crippen MR) is 72.2 cm³/mol. The van der Waals surface area contributed by atoms with Crippen molar-refractivity contribution >= 4 is 11.9 Å². The molecular weight excluding hydrogens is 258 g/mol. The van der Waals surface area contributed by atoms with Gasteiger partial charge in [-0.15, -0.1) is 0 Å². The van der Waals surface area contributed by atoms with Crippen molar-refractivity contribution in [2.75, 3.05) is 13.1 Å². The van der Waals surface area contributed by atoms with Crippen molar-refractivity contribution in [2.24, 2.45) is 5.92 Å². The van der Waals surface area contributed by atoms with Crippen molar-refractivity contribution in [1.82, 2.24) is 9.88 Å². The zero-order chi connectivity index (χ0) is 15.1. The molecule has 1 aromatic heterocycles. The average molecular weight is 275 g/mol. The van der Waals surface area contributed by atoms with Crippen molar-refractivity contribution in [3.8, 4) is 6.07 Å². The van der Waals surface area contributed by atoms with Crippen LogP contribution in [0.4, 0.5) is 0 Å². The summed E-state index contributed by atoms with van der Waals surface area (Å²) in [6.45, 7) is 4.87. The number of carbonyl (C=O) groups excluding carboxylic acids is 1. The Morgan fingerprint density at radius 1 is 1.45 bits per heavy atom. The van der Waals surface area contributed by atoms with Crippen LogP contribution in [0.5, 0.6) is 0 Å². The number of aromatic carboxylic acids is 1. The summed E-state index contributed by atoms with van der Waals surface area (Å²) in [6, 6.07) is 4.76. The molecule has 20 heavy (non-hydrogen) atoms. The first-order valence-electron chi connectivity index (χ1n) is 6.31. The molecule has 1 rings (SSSR count). The van der Waals surface area contributed by atoms with Crippen LogP contribution in [0.2, 0.25) is 0 Å². The van der Waals surface area contributed by atoms with E-state index >= 15 is 0 Å². The molecule has 0 fully saturated rings. The highest BCUT2D eigenvalue weighted by Crippen LogP contribution is 2.08. The maximum atomic E-state index is 12.3. The number of nitriles is 1. The first kappa shape index (κ1) is 15.6. The van der Waals surface area contributed by atoms with Gasteiger partial charge in [-0.25, -0.2) is 9.78 Å². The summed E-state index contributed by atoms with van der Waals surface area (Å²) in [6.07, 6.45) is 1.52. The van der Waals surface area contributed by atoms with E-state index in [1.165, 1.54) is 18.3 Å². The first-order chi connectivity index (χ1) is 9.45. The van der Waals surface area contributed by atoms with Crippen LogP contribution in [-0.2, 0) is 0 Å². The Morgan fingerprint density at radius 2 is 2.15 bits per heavy atom. The summed E-state index contributed by atoms with van der Waals surface area (Å²) >= 11 is 0. The molecule has 0 atom stereocenters. The van der Waals surface area contributed by atoms with Crippen molar-refractivity contribution in [3.05, 3.63) is 29.6 Å². The largest absolute Gasteiger partial charge is 0.477 e. The Hall–Kier alpha value is -2.42. The van der Waals surface area contributed by atoms with E-state index in [1.807, 2.05) is 19.9 Å². The van der Waals surface area contributed by atoms with Gasteiger partial charge in [-0.3, -0.25) is 4.79 Å². The second-order valence-electron chi connectivity index (χ2n) is 4.79. The number of hydrogen-bond donors (Lipinski definition) is 1. The minimum absolute atomic E-state index is 0.103. The molecule has 6 nitrogen and oxygen atoms in total. The van der Waals surface area contributed by atoms with Gasteiger partial charge in [-0.05, 0) is 18.1 Å². The molecule has 1 N–H and O–H groups in total. The molecule has 0 aliphatic carbocycles. The Balaban J connectivity index is 2.87. The van der Waals surface area contributed by atoms with E-state index in [0.29, 0.717) is 18.7 Å². The monoisotopic (exact) mass is 275 g/mol. The summed E-state index contributed by atoms with van der Waals surface area (Å²) in [7, 11) is 0. The third-order valence-corrected chi connectivity index (χ3v) is 2.60. The second kappa shape index (κ2) is 7.24. The van der Waals surface area contributed by atoms with Gasteiger partial charge in [0.15, 0.2) is 0 Å². The van der Waals surface area contributed by atoms with Crippen molar-refractivity contribution in [3.63, 3.8) is 0 Å². The van der Waals surface area contributed by atoms with E-state index < -0.39 is 5.97 Å². The fourth-order valence-electron chi connectivity index (χ4n) is 1.73. The maximum absolute atomic E-state index is 12.3. The molecular formula is C14H17N3O3. The SMILES string of the molecule is CC(C)CN(CCC#N)C(=O)c1ccc(C(=O)O)nc1. The van der Waals surface area contributed by atoms with Gasteiger partial charge in [0.1, 0.15) is 5.69 Å². The minimum Gasteiger partial charge on any atom is -0.477 e. The molecule has 1 amide bonds. The van der Waals surface area contributed by atoms with Gasteiger partial charge >= 0.3 is 5.97 Å². The standard InChI is InChI=1S/C14H17N3O3/c1-10(2)9-17(7-3-6-15)13(18)11-4-5-12(14(19)20)16-8-11/h4-5,8,10H,3,7,9H2,1-2H3,(H,19,20). The lowest BCUT2D eigenvalue weighted by molar-refractivity contribution is 0.0686. The van der Waals surface area contributed by atoms with E-state index in [2.05, 4.69) is 4.98 Å². The van der Waals surface area contributed by atoms with Crippen LogP contribution in [-0.4, -0.2) is 40.0 Å². The summed E-state index contributed by atoms with van der Waals surface area (Å²) < 4.78 is 0. The minimum atomic E-state index is -1.13. The molecule has 0 aliphatic rings. The average Bonchev–Trinajstić information content (AvgIpc) is 2.42. The van der Waals surface area contributed by atoms with Gasteiger partial charge in [0.05, 0.1) is 18.1 Å². The van der Waals surface area contributed by atoms with E-state index in [-0.39, 0.29) is 23.9 Å².